The van der Waals surface area contributed by atoms with E-state index in [1.54, 1.807) is 25.2 Å². The van der Waals surface area contributed by atoms with Crippen molar-refractivity contribution in [2.75, 3.05) is 11.9 Å². The van der Waals surface area contributed by atoms with E-state index in [1.165, 1.54) is 17.0 Å². The summed E-state index contributed by atoms with van der Waals surface area (Å²) in [6, 6.07) is 8.15. The van der Waals surface area contributed by atoms with E-state index in [1.807, 2.05) is 4.83 Å². The Morgan fingerprint density at radius 3 is 2.85 bits per heavy atom. The van der Waals surface area contributed by atoms with Crippen molar-refractivity contribution in [3.63, 3.8) is 0 Å². The van der Waals surface area contributed by atoms with Crippen LogP contribution in [0, 0.1) is 5.82 Å². The maximum atomic E-state index is 13.5. The molecule has 1 heterocycles. The molecule has 0 saturated heterocycles. The van der Waals surface area contributed by atoms with E-state index in [2.05, 4.69) is 5.43 Å². The van der Waals surface area contributed by atoms with Crippen LogP contribution < -0.4 is 19.9 Å². The average molecular weight is 399 g/mol. The third-order valence-corrected chi connectivity index (χ3v) is 4.50. The third kappa shape index (κ3) is 3.87. The molecule has 0 saturated carbocycles. The number of rotatable bonds is 5. The molecule has 1 aliphatic rings. The van der Waals surface area contributed by atoms with Gasteiger partial charge in [-0.25, -0.2) is 9.82 Å². The van der Waals surface area contributed by atoms with Crippen molar-refractivity contribution < 1.29 is 22.7 Å². The number of hydrogen-bond acceptors (Lipinski definition) is 5. The number of halogens is 2. The number of nitrogens with one attached hydrogen (secondary N) is 2. The molecule has 2 aromatic carbocycles. The molecule has 2 aromatic rings. The number of amides is 1. The van der Waals surface area contributed by atoms with Crippen LogP contribution in [0.4, 0.5) is 10.1 Å². The van der Waals surface area contributed by atoms with Gasteiger partial charge in [0.25, 0.3) is 0 Å². The number of carbonyl (C=O) groups is 1. The second-order valence-electron chi connectivity index (χ2n) is 5.58. The lowest BCUT2D eigenvalue weighted by Gasteiger charge is -2.33. The molecule has 0 aliphatic carbocycles. The standard InChI is InChI=1S/C16H15ClFN3O4S/c1-21-15-9(7-12(16(21)22)19-20-26(23)24)3-2-4-13(15)25-14-8-10(18)5-6-11(14)17/h2-6,8,12,19-20H,7H2,1H3,(H,23,24)/p-1/t12-/m1/s1. The number of likely N-dealkylation sites (N-methyl/N-ethyl adjacent to an activating group) is 1. The zero-order valence-corrected chi connectivity index (χ0v) is 15.1. The van der Waals surface area contributed by atoms with Gasteiger partial charge in [-0.1, -0.05) is 23.7 Å². The highest BCUT2D eigenvalue weighted by atomic mass is 35.5. The summed E-state index contributed by atoms with van der Waals surface area (Å²) in [6.07, 6.45) is 0.247. The number of para-hydroxylation sites is 1. The van der Waals surface area contributed by atoms with Gasteiger partial charge in [-0.2, -0.15) is 4.83 Å². The smallest absolute Gasteiger partial charge is 0.245 e. The predicted octanol–water partition coefficient (Wildman–Crippen LogP) is 2.05. The zero-order valence-electron chi connectivity index (χ0n) is 13.5. The monoisotopic (exact) mass is 398 g/mol. The maximum absolute atomic E-state index is 13.5. The molecule has 1 unspecified atom stereocenters. The number of fused-ring (bicyclic) bond motifs is 1. The minimum Gasteiger partial charge on any atom is -0.759 e. The number of nitrogens with zero attached hydrogens (tertiary/aromatic N) is 1. The molecule has 3 rings (SSSR count). The Hall–Kier alpha value is -2.04. The number of benzene rings is 2. The van der Waals surface area contributed by atoms with E-state index < -0.39 is 23.1 Å². The van der Waals surface area contributed by atoms with Crippen molar-refractivity contribution in [3.8, 4) is 11.5 Å². The van der Waals surface area contributed by atoms with Gasteiger partial charge in [0.2, 0.25) is 5.91 Å². The van der Waals surface area contributed by atoms with E-state index in [0.717, 1.165) is 11.6 Å². The lowest BCUT2D eigenvalue weighted by molar-refractivity contribution is -0.120. The Balaban J connectivity index is 1.92. The molecule has 7 nitrogen and oxygen atoms in total. The minimum absolute atomic E-state index is 0.129. The van der Waals surface area contributed by atoms with Crippen LogP contribution in [0.25, 0.3) is 0 Å². The quantitative estimate of drug-likeness (QED) is 0.594. The summed E-state index contributed by atoms with van der Waals surface area (Å²) in [7, 11) is 1.54. The number of carbonyl (C=O) groups excluding carboxylic acids is 1. The molecular weight excluding hydrogens is 385 g/mol. The Bertz CT molecular complexity index is 883. The SMILES string of the molecule is CN1C(=O)[C@H](NNS(=O)[O-])Cc2cccc(Oc3cc(F)ccc3Cl)c21. The molecule has 0 aromatic heterocycles. The van der Waals surface area contributed by atoms with Gasteiger partial charge >= 0.3 is 0 Å². The van der Waals surface area contributed by atoms with Gasteiger partial charge in [0.1, 0.15) is 17.6 Å². The van der Waals surface area contributed by atoms with Crippen molar-refractivity contribution in [1.82, 2.24) is 10.3 Å². The van der Waals surface area contributed by atoms with Crippen molar-refractivity contribution in [2.24, 2.45) is 0 Å². The van der Waals surface area contributed by atoms with Crippen LogP contribution in [0.5, 0.6) is 11.5 Å². The highest BCUT2D eigenvalue weighted by Crippen LogP contribution is 2.40. The first kappa shape index (κ1) is 18.7. The molecule has 2 atom stereocenters. The summed E-state index contributed by atoms with van der Waals surface area (Å²) >= 11 is 3.50. The van der Waals surface area contributed by atoms with Gasteiger partial charge in [-0.3, -0.25) is 9.00 Å². The first-order valence-electron chi connectivity index (χ1n) is 7.49. The van der Waals surface area contributed by atoms with Gasteiger partial charge in [0.05, 0.1) is 10.7 Å². The summed E-state index contributed by atoms with van der Waals surface area (Å²) in [4.78, 5) is 15.9. The fourth-order valence-corrected chi connectivity index (χ4v) is 3.15. The van der Waals surface area contributed by atoms with Crippen LogP contribution in [-0.2, 0) is 22.5 Å². The van der Waals surface area contributed by atoms with E-state index >= 15 is 0 Å². The minimum atomic E-state index is -2.54. The molecule has 26 heavy (non-hydrogen) atoms. The Morgan fingerprint density at radius 1 is 1.35 bits per heavy atom. The normalized spacial score (nSPS) is 17.8. The van der Waals surface area contributed by atoms with Crippen molar-refractivity contribution >= 4 is 34.5 Å². The van der Waals surface area contributed by atoms with Crippen LogP contribution in [0.15, 0.2) is 36.4 Å². The Kier molecular flexibility index (Phi) is 5.54. The zero-order chi connectivity index (χ0) is 18.8. The van der Waals surface area contributed by atoms with Gasteiger partial charge in [0.15, 0.2) is 5.75 Å². The summed E-state index contributed by atoms with van der Waals surface area (Å²) in [5.41, 5.74) is 3.73. The predicted molar refractivity (Wildman–Crippen MR) is 94.0 cm³/mol. The van der Waals surface area contributed by atoms with Crippen LogP contribution in [-0.4, -0.2) is 27.8 Å². The Labute approximate surface area is 156 Å². The largest absolute Gasteiger partial charge is 0.759 e. The van der Waals surface area contributed by atoms with E-state index in [0.29, 0.717) is 11.4 Å². The first-order chi connectivity index (χ1) is 12.4. The highest BCUT2D eigenvalue weighted by Gasteiger charge is 2.32. The molecule has 10 heteroatoms. The summed E-state index contributed by atoms with van der Waals surface area (Å²) in [6.45, 7) is 0. The highest BCUT2D eigenvalue weighted by molar-refractivity contribution is 7.76. The van der Waals surface area contributed by atoms with Crippen molar-refractivity contribution in [1.29, 1.82) is 0 Å². The van der Waals surface area contributed by atoms with Crippen LogP contribution in [0.1, 0.15) is 5.56 Å². The van der Waals surface area contributed by atoms with E-state index in [-0.39, 0.29) is 23.1 Å². The third-order valence-electron chi connectivity index (χ3n) is 3.90. The van der Waals surface area contributed by atoms with Gasteiger partial charge in [-0.15, -0.1) is 0 Å². The maximum Gasteiger partial charge on any atom is 0.245 e. The molecule has 0 bridgehead atoms. The number of hydrazine groups is 1. The van der Waals surface area contributed by atoms with E-state index in [9.17, 15) is 17.9 Å². The van der Waals surface area contributed by atoms with Crippen LogP contribution in [0.3, 0.4) is 0 Å². The molecule has 0 radical (unpaired) electrons. The summed E-state index contributed by atoms with van der Waals surface area (Å²) in [5.74, 6) is -0.384. The van der Waals surface area contributed by atoms with E-state index in [4.69, 9.17) is 16.3 Å². The summed E-state index contributed by atoms with van der Waals surface area (Å²) in [5, 5.41) is 0.232. The van der Waals surface area contributed by atoms with Crippen LogP contribution >= 0.6 is 11.6 Å². The average Bonchev–Trinajstić information content (AvgIpc) is 2.60. The number of anilines is 1. The fourth-order valence-electron chi connectivity index (χ4n) is 2.75. The molecule has 2 N–H and O–H groups in total. The second-order valence-corrected chi connectivity index (χ2v) is 6.66. The molecule has 0 fully saturated rings. The fraction of sp³-hybridized carbons (Fsp3) is 0.188. The number of hydrogen-bond donors (Lipinski definition) is 2. The molecular formula is C16H14ClFN3O4S-. The van der Waals surface area contributed by atoms with Gasteiger partial charge < -0.3 is 14.2 Å². The molecule has 0 spiro atoms. The van der Waals surface area contributed by atoms with Gasteiger partial charge in [0, 0.05) is 30.8 Å². The molecule has 1 aliphatic heterocycles. The lowest BCUT2D eigenvalue weighted by atomic mass is 9.97. The van der Waals surface area contributed by atoms with Gasteiger partial charge in [-0.05, 0) is 23.8 Å². The Morgan fingerprint density at radius 2 is 2.12 bits per heavy atom. The van der Waals surface area contributed by atoms with Crippen molar-refractivity contribution in [3.05, 3.63) is 52.8 Å². The van der Waals surface area contributed by atoms with Crippen LogP contribution in [0.2, 0.25) is 5.02 Å². The van der Waals surface area contributed by atoms with Crippen molar-refractivity contribution in [2.45, 2.75) is 12.5 Å². The molecule has 138 valence electrons. The second kappa shape index (κ2) is 7.68. The lowest BCUT2D eigenvalue weighted by Crippen LogP contribution is -2.54. The topological polar surface area (TPSA) is 93.7 Å². The first-order valence-corrected chi connectivity index (χ1v) is 8.95. The number of ether oxygens (including phenoxy) is 1. The molecule has 1 amide bonds. The summed E-state index contributed by atoms with van der Waals surface area (Å²) < 4.78 is 40.5.